The topological polar surface area (TPSA) is 69.0 Å². The maximum atomic E-state index is 13.0. The van der Waals surface area contributed by atoms with Crippen molar-refractivity contribution in [2.75, 3.05) is 14.2 Å². The Labute approximate surface area is 185 Å². The number of pyridine rings is 2. The van der Waals surface area contributed by atoms with E-state index in [1.54, 1.807) is 37.6 Å². The van der Waals surface area contributed by atoms with Crippen molar-refractivity contribution in [1.82, 2.24) is 19.3 Å². The molecule has 0 unspecified atom stereocenters. The normalized spacial score (nSPS) is 13.0. The van der Waals surface area contributed by atoms with Crippen LogP contribution in [0.25, 0.3) is 23.0 Å². The molecule has 0 radical (unpaired) electrons. The summed E-state index contributed by atoms with van der Waals surface area (Å²) in [5.74, 6) is 1.28. The average molecular weight is 426 g/mol. The number of ether oxygens (including phenoxy) is 2. The molecule has 160 valence electrons. The zero-order chi connectivity index (χ0) is 22.1. The molecule has 7 heteroatoms. The Balaban J connectivity index is 1.44. The Morgan fingerprint density at radius 3 is 2.34 bits per heavy atom. The molecule has 32 heavy (non-hydrogen) atoms. The summed E-state index contributed by atoms with van der Waals surface area (Å²) >= 11 is 0. The summed E-state index contributed by atoms with van der Waals surface area (Å²) in [5, 5.41) is 0. The van der Waals surface area contributed by atoms with Gasteiger partial charge >= 0.3 is 0 Å². The fourth-order valence-electron chi connectivity index (χ4n) is 4.03. The first-order chi connectivity index (χ1) is 15.7. The predicted molar refractivity (Wildman–Crippen MR) is 121 cm³/mol. The smallest absolute Gasteiger partial charge is 0.247 e. The number of fused-ring (bicyclic) bond motifs is 2. The van der Waals surface area contributed by atoms with E-state index in [4.69, 9.17) is 14.5 Å². The number of rotatable bonds is 5. The predicted octanol–water partition coefficient (Wildman–Crippen LogP) is 3.97. The van der Waals surface area contributed by atoms with Crippen LogP contribution < -0.4 is 9.47 Å². The number of hydrogen-bond donors (Lipinski definition) is 0. The molecule has 0 fully saturated rings. The third-order valence-electron chi connectivity index (χ3n) is 5.64. The van der Waals surface area contributed by atoms with Crippen LogP contribution in [-0.4, -0.2) is 39.4 Å². The van der Waals surface area contributed by atoms with Gasteiger partial charge in [0, 0.05) is 43.3 Å². The molecule has 4 heterocycles. The van der Waals surface area contributed by atoms with Gasteiger partial charge in [0.05, 0.1) is 25.6 Å². The first-order valence-corrected chi connectivity index (χ1v) is 10.3. The summed E-state index contributed by atoms with van der Waals surface area (Å²) in [5.41, 5.74) is 5.55. The van der Waals surface area contributed by atoms with E-state index in [9.17, 15) is 4.79 Å². The van der Waals surface area contributed by atoms with E-state index in [1.165, 1.54) is 0 Å². The van der Waals surface area contributed by atoms with Crippen LogP contribution in [0.4, 0.5) is 0 Å². The fourth-order valence-corrected chi connectivity index (χ4v) is 4.03. The van der Waals surface area contributed by atoms with Crippen molar-refractivity contribution < 1.29 is 14.3 Å². The molecule has 1 aromatic carbocycles. The fraction of sp³-hybridized carbons (Fsp3) is 0.160. The van der Waals surface area contributed by atoms with Crippen LogP contribution in [0.3, 0.4) is 0 Å². The summed E-state index contributed by atoms with van der Waals surface area (Å²) in [6.07, 6.45) is 8.87. The van der Waals surface area contributed by atoms with Gasteiger partial charge < -0.3 is 14.4 Å². The standard InChI is InChI=1S/C25H22N4O3/c1-31-21-13-18-15-28(16-19(18)14-22(21)32-2)24(30)7-6-20-25(17-8-10-26-11-9-17)27-23-5-3-4-12-29(20)23/h3-14H,15-16H2,1-2H3/b7-6+. The van der Waals surface area contributed by atoms with Crippen molar-refractivity contribution in [3.05, 3.63) is 84.0 Å². The number of aromatic nitrogens is 3. The number of hydrogen-bond acceptors (Lipinski definition) is 5. The lowest BCUT2D eigenvalue weighted by Gasteiger charge is -2.12. The van der Waals surface area contributed by atoms with Crippen molar-refractivity contribution in [3.63, 3.8) is 0 Å². The molecule has 1 aliphatic rings. The number of benzene rings is 1. The minimum absolute atomic E-state index is 0.0642. The monoisotopic (exact) mass is 426 g/mol. The van der Waals surface area contributed by atoms with Gasteiger partial charge in [0.1, 0.15) is 5.65 Å². The number of amides is 1. The van der Waals surface area contributed by atoms with Crippen LogP contribution in [0.2, 0.25) is 0 Å². The molecule has 4 aromatic rings. The van der Waals surface area contributed by atoms with Gasteiger partial charge in [-0.05, 0) is 53.6 Å². The van der Waals surface area contributed by atoms with Gasteiger partial charge in [-0.1, -0.05) is 6.07 Å². The van der Waals surface area contributed by atoms with Crippen molar-refractivity contribution in [1.29, 1.82) is 0 Å². The Bertz CT molecular complexity index is 1300. The molecule has 0 bridgehead atoms. The molecular formula is C25H22N4O3. The minimum Gasteiger partial charge on any atom is -0.493 e. The maximum absolute atomic E-state index is 13.0. The lowest BCUT2D eigenvalue weighted by atomic mass is 10.1. The third-order valence-corrected chi connectivity index (χ3v) is 5.64. The number of carbonyl (C=O) groups is 1. The van der Waals surface area contributed by atoms with Gasteiger partial charge in [0.25, 0.3) is 0 Å². The van der Waals surface area contributed by atoms with E-state index in [0.29, 0.717) is 24.6 Å². The molecule has 0 spiro atoms. The molecule has 3 aromatic heterocycles. The molecule has 0 saturated heterocycles. The number of methoxy groups -OCH3 is 2. The largest absolute Gasteiger partial charge is 0.493 e. The molecule has 0 N–H and O–H groups in total. The Hall–Kier alpha value is -4.13. The van der Waals surface area contributed by atoms with Crippen molar-refractivity contribution in [2.24, 2.45) is 0 Å². The van der Waals surface area contributed by atoms with Crippen molar-refractivity contribution >= 4 is 17.6 Å². The number of nitrogens with zero attached hydrogens (tertiary/aromatic N) is 4. The molecule has 5 rings (SSSR count). The maximum Gasteiger partial charge on any atom is 0.247 e. The van der Waals surface area contributed by atoms with E-state index >= 15 is 0 Å². The highest BCUT2D eigenvalue weighted by atomic mass is 16.5. The van der Waals surface area contributed by atoms with Crippen LogP contribution in [0, 0.1) is 0 Å². The summed E-state index contributed by atoms with van der Waals surface area (Å²) in [6, 6.07) is 13.6. The lowest BCUT2D eigenvalue weighted by molar-refractivity contribution is -0.126. The SMILES string of the molecule is COc1cc2c(cc1OC)CN(C(=O)/C=C/c1c(-c3ccncc3)nc3ccccn13)C2. The molecule has 0 atom stereocenters. The highest BCUT2D eigenvalue weighted by Gasteiger charge is 2.24. The van der Waals surface area contributed by atoms with Crippen LogP contribution in [0.15, 0.2) is 67.1 Å². The van der Waals surface area contributed by atoms with Crippen LogP contribution in [0.1, 0.15) is 16.8 Å². The van der Waals surface area contributed by atoms with Crippen LogP contribution >= 0.6 is 0 Å². The highest BCUT2D eigenvalue weighted by molar-refractivity contribution is 5.93. The number of carbonyl (C=O) groups excluding carboxylic acids is 1. The second-order valence-corrected chi connectivity index (χ2v) is 7.51. The number of imidazole rings is 1. The summed E-state index contributed by atoms with van der Waals surface area (Å²) in [7, 11) is 3.22. The first kappa shape index (κ1) is 19.8. The Morgan fingerprint density at radius 2 is 1.69 bits per heavy atom. The molecule has 1 amide bonds. The van der Waals surface area contributed by atoms with Crippen LogP contribution in [0.5, 0.6) is 11.5 Å². The minimum atomic E-state index is -0.0642. The summed E-state index contributed by atoms with van der Waals surface area (Å²) in [4.78, 5) is 23.7. The lowest BCUT2D eigenvalue weighted by Crippen LogP contribution is -2.22. The van der Waals surface area contributed by atoms with Gasteiger partial charge in [-0.25, -0.2) is 4.98 Å². The second-order valence-electron chi connectivity index (χ2n) is 7.51. The van der Waals surface area contributed by atoms with E-state index in [1.807, 2.05) is 59.1 Å². The Kier molecular flexibility index (Phi) is 5.07. The summed E-state index contributed by atoms with van der Waals surface area (Å²) in [6.45, 7) is 1.06. The molecular weight excluding hydrogens is 404 g/mol. The van der Waals surface area contributed by atoms with E-state index in [0.717, 1.165) is 33.7 Å². The average Bonchev–Trinajstić information content (AvgIpc) is 3.43. The quantitative estimate of drug-likeness (QED) is 0.452. The Morgan fingerprint density at radius 1 is 1.00 bits per heavy atom. The zero-order valence-electron chi connectivity index (χ0n) is 17.9. The van der Waals surface area contributed by atoms with Gasteiger partial charge in [-0.15, -0.1) is 0 Å². The van der Waals surface area contributed by atoms with E-state index in [-0.39, 0.29) is 5.91 Å². The van der Waals surface area contributed by atoms with Crippen molar-refractivity contribution in [3.8, 4) is 22.8 Å². The third kappa shape index (κ3) is 3.47. The zero-order valence-corrected chi connectivity index (χ0v) is 17.9. The summed E-state index contributed by atoms with van der Waals surface area (Å²) < 4.78 is 12.8. The van der Waals surface area contributed by atoms with E-state index < -0.39 is 0 Å². The van der Waals surface area contributed by atoms with Gasteiger partial charge in [0.15, 0.2) is 11.5 Å². The van der Waals surface area contributed by atoms with Gasteiger partial charge in [0.2, 0.25) is 5.91 Å². The molecule has 1 aliphatic heterocycles. The first-order valence-electron chi connectivity index (χ1n) is 10.3. The molecule has 0 aliphatic carbocycles. The van der Waals surface area contributed by atoms with Crippen LogP contribution in [-0.2, 0) is 17.9 Å². The molecule has 0 saturated carbocycles. The highest BCUT2D eigenvalue weighted by Crippen LogP contribution is 2.35. The van der Waals surface area contributed by atoms with Gasteiger partial charge in [-0.2, -0.15) is 0 Å². The van der Waals surface area contributed by atoms with Crippen molar-refractivity contribution in [2.45, 2.75) is 13.1 Å². The molecule has 7 nitrogen and oxygen atoms in total. The van der Waals surface area contributed by atoms with E-state index in [2.05, 4.69) is 4.98 Å². The second kappa shape index (κ2) is 8.19. The van der Waals surface area contributed by atoms with Gasteiger partial charge in [-0.3, -0.25) is 14.2 Å².